The highest BCUT2D eigenvalue weighted by atomic mass is 16.5. The van der Waals surface area contributed by atoms with E-state index >= 15 is 0 Å². The molecule has 4 aliphatic rings. The van der Waals surface area contributed by atoms with Crippen molar-refractivity contribution in [2.75, 3.05) is 32.8 Å². The first-order valence-electron chi connectivity index (χ1n) is 12.7. The van der Waals surface area contributed by atoms with Crippen LogP contribution in [-0.4, -0.2) is 89.1 Å². The third-order valence-electron chi connectivity index (χ3n) is 8.32. The molecule has 3 atom stereocenters. The number of hydrogen-bond donors (Lipinski definition) is 2. The minimum Gasteiger partial charge on any atom is -0.388 e. The van der Waals surface area contributed by atoms with Crippen molar-refractivity contribution in [1.82, 2.24) is 15.1 Å². The summed E-state index contributed by atoms with van der Waals surface area (Å²) < 4.78 is 5.42. The quantitative estimate of drug-likeness (QED) is 0.678. The Balaban J connectivity index is 1.28. The van der Waals surface area contributed by atoms with Gasteiger partial charge in [-0.05, 0) is 68.9 Å². The van der Waals surface area contributed by atoms with Gasteiger partial charge >= 0.3 is 0 Å². The summed E-state index contributed by atoms with van der Waals surface area (Å²) in [6, 6.07) is 7.04. The lowest BCUT2D eigenvalue weighted by Crippen LogP contribution is -2.60. The highest BCUT2D eigenvalue weighted by molar-refractivity contribution is 6.01. The van der Waals surface area contributed by atoms with Gasteiger partial charge in [0.25, 0.3) is 5.91 Å². The van der Waals surface area contributed by atoms with Gasteiger partial charge in [0.1, 0.15) is 30.4 Å². The lowest BCUT2D eigenvalue weighted by molar-refractivity contribution is -0.142. The van der Waals surface area contributed by atoms with Gasteiger partial charge in [0.05, 0.1) is 6.54 Å². The van der Waals surface area contributed by atoms with Crippen molar-refractivity contribution >= 4 is 17.6 Å². The third kappa shape index (κ3) is 4.16. The zero-order valence-electron chi connectivity index (χ0n) is 19.9. The molecule has 1 saturated carbocycles. The second kappa shape index (κ2) is 9.40. The number of piperidine rings is 1. The maximum Gasteiger partial charge on any atom is 0.252 e. The van der Waals surface area contributed by atoms with Crippen molar-refractivity contribution in [3.05, 3.63) is 35.4 Å². The Morgan fingerprint density at radius 3 is 2.47 bits per heavy atom. The van der Waals surface area contributed by atoms with Gasteiger partial charge < -0.3 is 25.0 Å². The van der Waals surface area contributed by atoms with E-state index < -0.39 is 23.8 Å². The van der Waals surface area contributed by atoms with Crippen molar-refractivity contribution in [3.63, 3.8) is 0 Å². The number of hydrogen-bond acceptors (Lipinski definition) is 6. The van der Waals surface area contributed by atoms with E-state index in [-0.39, 0.29) is 30.7 Å². The van der Waals surface area contributed by atoms with Gasteiger partial charge in [-0.3, -0.25) is 14.4 Å². The SMILES string of the molecule is CCN1CCC(c2ccc(C(=O)NC3(C(=O)N4C[C@@H](O)[C@H]5OCC(=O)[C@H]54)CCCC3)cc2)CC1. The number of nitrogens with zero attached hydrogens (tertiary/aromatic N) is 2. The zero-order chi connectivity index (χ0) is 23.9. The molecule has 2 N–H and O–H groups in total. The number of likely N-dealkylation sites (tertiary alicyclic amines) is 2. The Morgan fingerprint density at radius 2 is 1.82 bits per heavy atom. The van der Waals surface area contributed by atoms with Crippen LogP contribution in [0.1, 0.15) is 67.3 Å². The lowest BCUT2D eigenvalue weighted by atomic mass is 9.89. The van der Waals surface area contributed by atoms with Crippen LogP contribution in [0.25, 0.3) is 0 Å². The van der Waals surface area contributed by atoms with Gasteiger partial charge in [-0.2, -0.15) is 0 Å². The molecule has 8 heteroatoms. The number of ether oxygens (including phenoxy) is 1. The number of carbonyl (C=O) groups excluding carboxylic acids is 3. The van der Waals surface area contributed by atoms with Crippen molar-refractivity contribution in [3.8, 4) is 0 Å². The van der Waals surface area contributed by atoms with Crippen LogP contribution >= 0.6 is 0 Å². The van der Waals surface area contributed by atoms with Gasteiger partial charge in [0.2, 0.25) is 5.91 Å². The third-order valence-corrected chi connectivity index (χ3v) is 8.32. The molecular formula is C26H35N3O5. The molecule has 0 aromatic heterocycles. The van der Waals surface area contributed by atoms with E-state index in [0.29, 0.717) is 24.3 Å². The fraction of sp³-hybridized carbons (Fsp3) is 0.654. The van der Waals surface area contributed by atoms with Crippen LogP contribution in [0.4, 0.5) is 0 Å². The van der Waals surface area contributed by atoms with Crippen molar-refractivity contribution in [2.24, 2.45) is 0 Å². The molecule has 2 amide bonds. The van der Waals surface area contributed by atoms with Gasteiger partial charge in [0, 0.05) is 5.56 Å². The largest absolute Gasteiger partial charge is 0.388 e. The predicted molar refractivity (Wildman–Crippen MR) is 125 cm³/mol. The monoisotopic (exact) mass is 469 g/mol. The standard InChI is InChI=1S/C26H35N3O5/c1-2-28-13-9-18(10-14-28)17-5-7-19(8-6-17)24(32)27-26(11-3-4-12-26)25(33)29-15-20(30)23-22(29)21(31)16-34-23/h5-8,18,20,22-23,30H,2-4,9-16H2,1H3,(H,27,32)/t20-,22-,23-/m1/s1. The molecule has 0 unspecified atom stereocenters. The molecule has 0 spiro atoms. The highest BCUT2D eigenvalue weighted by Crippen LogP contribution is 2.36. The number of rotatable bonds is 5. The minimum absolute atomic E-state index is 0.0586. The number of aliphatic hydroxyl groups excluding tert-OH is 1. The lowest BCUT2D eigenvalue weighted by Gasteiger charge is -2.35. The number of amides is 2. The van der Waals surface area contributed by atoms with Crippen LogP contribution in [0.15, 0.2) is 24.3 Å². The molecule has 0 radical (unpaired) electrons. The van der Waals surface area contributed by atoms with E-state index in [1.54, 1.807) is 0 Å². The van der Waals surface area contributed by atoms with Crippen LogP contribution in [0.2, 0.25) is 0 Å². The van der Waals surface area contributed by atoms with Gasteiger partial charge in [0.15, 0.2) is 5.78 Å². The maximum atomic E-state index is 13.7. The Bertz CT molecular complexity index is 934. The average molecular weight is 470 g/mol. The topological polar surface area (TPSA) is 99.2 Å². The number of benzene rings is 1. The molecule has 1 aromatic rings. The van der Waals surface area contributed by atoms with Crippen molar-refractivity contribution in [2.45, 2.75) is 75.2 Å². The second-order valence-electron chi connectivity index (χ2n) is 10.3. The normalized spacial score (nSPS) is 29.4. The number of aliphatic hydroxyl groups is 1. The van der Waals surface area contributed by atoms with Crippen LogP contribution in [0, 0.1) is 0 Å². The first-order valence-corrected chi connectivity index (χ1v) is 12.7. The summed E-state index contributed by atoms with van der Waals surface area (Å²) in [6.45, 7) is 5.47. The number of nitrogens with one attached hydrogen (secondary N) is 1. The Kier molecular flexibility index (Phi) is 6.48. The van der Waals surface area contributed by atoms with E-state index in [2.05, 4.69) is 17.1 Å². The summed E-state index contributed by atoms with van der Waals surface area (Å²) in [5.41, 5.74) is 0.754. The summed E-state index contributed by atoms with van der Waals surface area (Å²) in [6.07, 6.45) is 3.43. The summed E-state index contributed by atoms with van der Waals surface area (Å²) in [5.74, 6) is -0.214. The molecule has 4 fully saturated rings. The number of ketones is 1. The smallest absolute Gasteiger partial charge is 0.252 e. The van der Waals surface area contributed by atoms with Crippen molar-refractivity contribution in [1.29, 1.82) is 0 Å². The molecule has 3 heterocycles. The van der Waals surface area contributed by atoms with E-state index in [1.807, 2.05) is 24.3 Å². The van der Waals surface area contributed by atoms with E-state index in [4.69, 9.17) is 4.74 Å². The van der Waals surface area contributed by atoms with E-state index in [1.165, 1.54) is 10.5 Å². The van der Waals surface area contributed by atoms with Gasteiger partial charge in [-0.25, -0.2) is 0 Å². The summed E-state index contributed by atoms with van der Waals surface area (Å²) in [7, 11) is 0. The molecule has 3 saturated heterocycles. The molecule has 1 aromatic carbocycles. The molecule has 0 bridgehead atoms. The molecule has 1 aliphatic carbocycles. The minimum atomic E-state index is -1.04. The van der Waals surface area contributed by atoms with Crippen LogP contribution in [0.5, 0.6) is 0 Å². The average Bonchev–Trinajstić information content (AvgIpc) is 3.57. The Labute approximate surface area is 200 Å². The van der Waals surface area contributed by atoms with E-state index in [0.717, 1.165) is 45.3 Å². The van der Waals surface area contributed by atoms with E-state index in [9.17, 15) is 19.5 Å². The first kappa shape index (κ1) is 23.5. The number of fused-ring (bicyclic) bond motifs is 1. The Morgan fingerprint density at radius 1 is 1.15 bits per heavy atom. The number of Topliss-reactive ketones (excluding diaryl/α,β-unsaturated/α-hetero) is 1. The molecular weight excluding hydrogens is 434 g/mol. The van der Waals surface area contributed by atoms with Gasteiger partial charge in [-0.1, -0.05) is 31.9 Å². The summed E-state index contributed by atoms with van der Waals surface area (Å²) in [4.78, 5) is 43.2. The van der Waals surface area contributed by atoms with Crippen LogP contribution in [0.3, 0.4) is 0 Å². The zero-order valence-corrected chi connectivity index (χ0v) is 19.9. The molecule has 34 heavy (non-hydrogen) atoms. The predicted octanol–water partition coefficient (Wildman–Crippen LogP) is 1.47. The van der Waals surface area contributed by atoms with Crippen molar-refractivity contribution < 1.29 is 24.2 Å². The van der Waals surface area contributed by atoms with Crippen LogP contribution < -0.4 is 5.32 Å². The Hall–Kier alpha value is -2.29. The second-order valence-corrected chi connectivity index (χ2v) is 10.3. The first-order chi connectivity index (χ1) is 16.4. The fourth-order valence-corrected chi connectivity index (χ4v) is 6.26. The fourth-order valence-electron chi connectivity index (χ4n) is 6.26. The molecule has 3 aliphatic heterocycles. The van der Waals surface area contributed by atoms with Crippen LogP contribution in [-0.2, 0) is 14.3 Å². The number of carbonyl (C=O) groups is 3. The molecule has 8 nitrogen and oxygen atoms in total. The van der Waals surface area contributed by atoms with Gasteiger partial charge in [-0.15, -0.1) is 0 Å². The summed E-state index contributed by atoms with van der Waals surface area (Å²) in [5, 5.41) is 13.4. The molecule has 5 rings (SSSR count). The summed E-state index contributed by atoms with van der Waals surface area (Å²) >= 11 is 0. The molecule has 184 valence electrons. The maximum absolute atomic E-state index is 13.7. The number of β-amino-alcohol motifs (C(OH)–C–C–N with tert-alkyl or cyclic N) is 1. The highest BCUT2D eigenvalue weighted by Gasteiger charge is 2.56.